The van der Waals surface area contributed by atoms with Crippen molar-refractivity contribution in [2.45, 2.75) is 22.2 Å². The second kappa shape index (κ2) is 5.42. The lowest BCUT2D eigenvalue weighted by molar-refractivity contribution is 0.208. The zero-order valence-corrected chi connectivity index (χ0v) is 13.5. The molecule has 0 fully saturated rings. The first kappa shape index (κ1) is 16.1. The van der Waals surface area contributed by atoms with Gasteiger partial charge in [0.05, 0.1) is 4.90 Å². The number of rotatable bonds is 4. The Bertz CT molecular complexity index is 878. The zero-order valence-electron chi connectivity index (χ0n) is 12.0. The molecule has 2 aromatic rings. The summed E-state index contributed by atoms with van der Waals surface area (Å²) in [6.07, 6.45) is -0.541. The van der Waals surface area contributed by atoms with Crippen molar-refractivity contribution in [3.8, 4) is 0 Å². The molecular weight excluding hydrogens is 342 g/mol. The highest BCUT2D eigenvalue weighted by molar-refractivity contribution is 7.92. The minimum absolute atomic E-state index is 0.0543. The Labute approximate surface area is 138 Å². The molecule has 0 aliphatic heterocycles. The first-order valence-electron chi connectivity index (χ1n) is 6.89. The fraction of sp³-hybridized carbons (Fsp3) is 0.176. The number of benzene rings is 2. The maximum absolute atomic E-state index is 14.8. The molecule has 0 spiro atoms. The van der Waals surface area contributed by atoms with Gasteiger partial charge < -0.3 is 0 Å². The minimum Gasteiger partial charge on any atom is -0.240 e. The largest absolute Gasteiger partial charge is 0.240 e. The van der Waals surface area contributed by atoms with Crippen LogP contribution in [0.15, 0.2) is 60.0 Å². The molecule has 0 radical (unpaired) electrons. The third kappa shape index (κ3) is 2.14. The van der Waals surface area contributed by atoms with Crippen molar-refractivity contribution >= 4 is 21.4 Å². The van der Waals surface area contributed by atoms with E-state index in [0.29, 0.717) is 5.02 Å². The van der Waals surface area contributed by atoms with Crippen molar-refractivity contribution < 1.29 is 17.2 Å². The molecule has 2 atom stereocenters. The number of halogens is 3. The maximum Gasteiger partial charge on any atom is 0.191 e. The van der Waals surface area contributed by atoms with Gasteiger partial charge in [0.25, 0.3) is 0 Å². The summed E-state index contributed by atoms with van der Waals surface area (Å²) in [5, 5.41) is 0.374. The molecule has 2 aromatic carbocycles. The van der Waals surface area contributed by atoms with Gasteiger partial charge in [-0.1, -0.05) is 23.7 Å². The summed E-state index contributed by atoms with van der Waals surface area (Å²) in [5.74, 6) is -0.601. The van der Waals surface area contributed by atoms with E-state index in [1.165, 1.54) is 36.4 Å². The number of allylic oxidation sites excluding steroid dienone is 1. The van der Waals surface area contributed by atoms with E-state index in [2.05, 4.69) is 6.58 Å². The summed E-state index contributed by atoms with van der Waals surface area (Å²) in [7, 11) is -4.09. The predicted molar refractivity (Wildman–Crippen MR) is 85.4 cm³/mol. The second-order valence-electron chi connectivity index (χ2n) is 5.43. The van der Waals surface area contributed by atoms with Crippen molar-refractivity contribution in [1.29, 1.82) is 0 Å². The molecule has 1 aliphatic carbocycles. The Morgan fingerprint density at radius 3 is 2.48 bits per heavy atom. The molecule has 0 saturated carbocycles. The van der Waals surface area contributed by atoms with E-state index in [-0.39, 0.29) is 22.4 Å². The van der Waals surface area contributed by atoms with Gasteiger partial charge in [-0.25, -0.2) is 17.2 Å². The Balaban J connectivity index is 2.24. The number of sulfone groups is 1. The van der Waals surface area contributed by atoms with Crippen LogP contribution in [0.25, 0.3) is 0 Å². The Morgan fingerprint density at radius 2 is 1.87 bits per heavy atom. The van der Waals surface area contributed by atoms with Gasteiger partial charge in [0, 0.05) is 5.02 Å². The maximum atomic E-state index is 14.8. The molecule has 120 valence electrons. The molecular formula is C17H13ClF2O2S. The molecule has 0 N–H and O–H groups in total. The minimum atomic E-state index is -4.09. The molecule has 0 aromatic heterocycles. The average molecular weight is 355 g/mol. The summed E-state index contributed by atoms with van der Waals surface area (Å²) in [5.41, 5.74) is 0.352. The van der Waals surface area contributed by atoms with E-state index in [1.807, 2.05) is 0 Å². The standard InChI is InChI=1S/C17H13ClF2O2S/c1-2-9-17(15-10-12(19)5-8-14(15)16(17)20)23(21,22)13-6-3-11(18)4-7-13/h2-8,10,16H,1,9H2. The highest BCUT2D eigenvalue weighted by Crippen LogP contribution is 2.59. The van der Waals surface area contributed by atoms with Gasteiger partial charge in [-0.15, -0.1) is 6.58 Å². The quantitative estimate of drug-likeness (QED) is 0.742. The fourth-order valence-corrected chi connectivity index (χ4v) is 5.31. The van der Waals surface area contributed by atoms with Crippen LogP contribution in [0.1, 0.15) is 23.7 Å². The van der Waals surface area contributed by atoms with Gasteiger partial charge in [0.15, 0.2) is 9.84 Å². The summed E-state index contributed by atoms with van der Waals surface area (Å²) >= 11 is 5.78. The Morgan fingerprint density at radius 1 is 1.22 bits per heavy atom. The molecule has 2 unspecified atom stereocenters. The van der Waals surface area contributed by atoms with Gasteiger partial charge >= 0.3 is 0 Å². The van der Waals surface area contributed by atoms with Crippen LogP contribution in [0.4, 0.5) is 8.78 Å². The van der Waals surface area contributed by atoms with E-state index in [4.69, 9.17) is 11.6 Å². The molecule has 0 amide bonds. The van der Waals surface area contributed by atoms with Crippen LogP contribution in [0.3, 0.4) is 0 Å². The highest BCUT2D eigenvalue weighted by Gasteiger charge is 2.61. The van der Waals surface area contributed by atoms with E-state index in [9.17, 15) is 17.2 Å². The predicted octanol–water partition coefficient (Wildman–Crippen LogP) is 4.75. The highest BCUT2D eigenvalue weighted by atomic mass is 35.5. The van der Waals surface area contributed by atoms with Gasteiger partial charge in [0.2, 0.25) is 0 Å². The summed E-state index contributed by atoms with van der Waals surface area (Å²) < 4.78 is 52.7. The molecule has 0 bridgehead atoms. The molecule has 2 nitrogen and oxygen atoms in total. The van der Waals surface area contributed by atoms with Gasteiger partial charge in [0.1, 0.15) is 16.7 Å². The van der Waals surface area contributed by atoms with Crippen LogP contribution in [0.2, 0.25) is 5.02 Å². The lowest BCUT2D eigenvalue weighted by Crippen LogP contribution is -2.48. The van der Waals surface area contributed by atoms with Crippen molar-refractivity contribution in [2.24, 2.45) is 0 Å². The molecule has 1 aliphatic rings. The number of alkyl halides is 1. The Kier molecular flexibility index (Phi) is 3.81. The topological polar surface area (TPSA) is 34.1 Å². The van der Waals surface area contributed by atoms with Crippen molar-refractivity contribution in [2.75, 3.05) is 0 Å². The molecule has 23 heavy (non-hydrogen) atoms. The molecule has 0 saturated heterocycles. The van der Waals surface area contributed by atoms with Crippen LogP contribution in [0, 0.1) is 5.82 Å². The lowest BCUT2D eigenvalue weighted by Gasteiger charge is -2.45. The third-order valence-electron chi connectivity index (χ3n) is 4.20. The first-order valence-corrected chi connectivity index (χ1v) is 8.76. The van der Waals surface area contributed by atoms with E-state index in [1.54, 1.807) is 0 Å². The Hall–Kier alpha value is -1.72. The molecule has 6 heteroatoms. The van der Waals surface area contributed by atoms with Crippen LogP contribution >= 0.6 is 11.6 Å². The van der Waals surface area contributed by atoms with Crippen molar-refractivity contribution in [3.05, 3.63) is 77.1 Å². The van der Waals surface area contributed by atoms with Gasteiger partial charge in [-0.3, -0.25) is 0 Å². The lowest BCUT2D eigenvalue weighted by atomic mass is 9.73. The van der Waals surface area contributed by atoms with Crippen molar-refractivity contribution in [3.63, 3.8) is 0 Å². The summed E-state index contributed by atoms with van der Waals surface area (Å²) in [6, 6.07) is 9.00. The normalized spacial score (nSPS) is 23.0. The summed E-state index contributed by atoms with van der Waals surface area (Å²) in [4.78, 5) is -0.0543. The average Bonchev–Trinajstić information content (AvgIpc) is 2.52. The number of fused-ring (bicyclic) bond motifs is 1. The number of hydrogen-bond acceptors (Lipinski definition) is 2. The smallest absolute Gasteiger partial charge is 0.191 e. The van der Waals surface area contributed by atoms with Crippen molar-refractivity contribution in [1.82, 2.24) is 0 Å². The molecule has 3 rings (SSSR count). The van der Waals surface area contributed by atoms with Crippen LogP contribution in [0.5, 0.6) is 0 Å². The zero-order chi connectivity index (χ0) is 16.8. The van der Waals surface area contributed by atoms with E-state index < -0.39 is 26.6 Å². The second-order valence-corrected chi connectivity index (χ2v) is 8.08. The SMILES string of the molecule is C=CCC1(S(=O)(=O)c2ccc(Cl)cc2)c2cc(F)ccc2C1F. The number of hydrogen-bond donors (Lipinski definition) is 0. The summed E-state index contributed by atoms with van der Waals surface area (Å²) in [6.45, 7) is 3.53. The van der Waals surface area contributed by atoms with Crippen LogP contribution < -0.4 is 0 Å². The first-order chi connectivity index (χ1) is 10.8. The van der Waals surface area contributed by atoms with Crippen LogP contribution in [-0.2, 0) is 14.6 Å². The van der Waals surface area contributed by atoms with Gasteiger partial charge in [-0.05, 0) is 53.9 Å². The third-order valence-corrected chi connectivity index (χ3v) is 6.90. The van der Waals surface area contributed by atoms with E-state index in [0.717, 1.165) is 12.1 Å². The van der Waals surface area contributed by atoms with Gasteiger partial charge in [-0.2, -0.15) is 0 Å². The van der Waals surface area contributed by atoms with Crippen LogP contribution in [-0.4, -0.2) is 8.42 Å². The fourth-order valence-electron chi connectivity index (χ4n) is 3.07. The molecule has 0 heterocycles. The van der Waals surface area contributed by atoms with E-state index >= 15 is 0 Å². The monoisotopic (exact) mass is 354 g/mol.